The fourth-order valence-electron chi connectivity index (χ4n) is 1.27. The van der Waals surface area contributed by atoms with Crippen LogP contribution in [0.15, 0.2) is 12.1 Å². The van der Waals surface area contributed by atoms with Crippen molar-refractivity contribution in [3.63, 3.8) is 0 Å². The maximum atomic E-state index is 12.0. The van der Waals surface area contributed by atoms with Gasteiger partial charge in [-0.15, -0.1) is 11.3 Å². The quantitative estimate of drug-likeness (QED) is 0.845. The maximum absolute atomic E-state index is 12.0. The summed E-state index contributed by atoms with van der Waals surface area (Å²) in [5.74, 6) is 0. The highest BCUT2D eigenvalue weighted by atomic mass is 32.1. The van der Waals surface area contributed by atoms with Gasteiger partial charge in [0.1, 0.15) is 0 Å². The summed E-state index contributed by atoms with van der Waals surface area (Å²) in [6, 6.07) is 3.00. The number of halogens is 3. The van der Waals surface area contributed by atoms with Crippen molar-refractivity contribution < 1.29 is 18.3 Å². The van der Waals surface area contributed by atoms with Crippen LogP contribution in [-0.4, -0.2) is 24.4 Å². The molecule has 0 bridgehead atoms. The van der Waals surface area contributed by atoms with Gasteiger partial charge in [-0.3, -0.25) is 5.32 Å². The zero-order valence-electron chi connectivity index (χ0n) is 8.84. The third-order valence-corrected chi connectivity index (χ3v) is 3.45. The molecule has 1 atom stereocenters. The molecule has 0 aromatic carbocycles. The van der Waals surface area contributed by atoms with E-state index in [0.717, 1.165) is 16.2 Å². The van der Waals surface area contributed by atoms with Crippen molar-refractivity contribution in [1.82, 2.24) is 5.32 Å². The fraction of sp³-hybridized carbons (Fsp3) is 0.600. The van der Waals surface area contributed by atoms with Crippen molar-refractivity contribution in [1.29, 1.82) is 0 Å². The van der Waals surface area contributed by atoms with Gasteiger partial charge in [0, 0.05) is 9.75 Å². The van der Waals surface area contributed by atoms with Crippen LogP contribution in [0.1, 0.15) is 22.7 Å². The lowest BCUT2D eigenvalue weighted by Gasteiger charge is -2.16. The molecule has 16 heavy (non-hydrogen) atoms. The minimum atomic E-state index is -4.25. The highest BCUT2D eigenvalue weighted by Gasteiger charge is 2.28. The Kier molecular flexibility index (Phi) is 4.76. The molecule has 1 rings (SSSR count). The molecule has 2 N–H and O–H groups in total. The first kappa shape index (κ1) is 13.5. The summed E-state index contributed by atoms with van der Waals surface area (Å²) in [6.07, 6.45) is -3.40. The predicted molar refractivity (Wildman–Crippen MR) is 57.6 cm³/mol. The Morgan fingerprint density at radius 2 is 2.12 bits per heavy atom. The zero-order valence-corrected chi connectivity index (χ0v) is 9.66. The molecule has 0 aliphatic carbocycles. The number of alkyl halides is 3. The van der Waals surface area contributed by atoms with Gasteiger partial charge >= 0.3 is 6.18 Å². The molecule has 1 aromatic heterocycles. The van der Waals surface area contributed by atoms with Crippen molar-refractivity contribution in [3.05, 3.63) is 21.9 Å². The molecule has 0 saturated carbocycles. The van der Waals surface area contributed by atoms with Crippen molar-refractivity contribution in [2.45, 2.75) is 25.6 Å². The monoisotopic (exact) mass is 253 g/mol. The number of hydrogen-bond donors (Lipinski definition) is 2. The highest BCUT2D eigenvalue weighted by molar-refractivity contribution is 7.12. The minimum absolute atomic E-state index is 0.334. The molecule has 6 heteroatoms. The third-order valence-electron chi connectivity index (χ3n) is 2.11. The molecule has 1 unspecified atom stereocenters. The van der Waals surface area contributed by atoms with Crippen LogP contribution in [-0.2, 0) is 6.42 Å². The Labute approximate surface area is 96.1 Å². The van der Waals surface area contributed by atoms with Crippen molar-refractivity contribution in [2.24, 2.45) is 0 Å². The molecule has 92 valence electrons. The van der Waals surface area contributed by atoms with E-state index in [4.69, 9.17) is 5.11 Å². The second-order valence-electron chi connectivity index (χ2n) is 3.39. The maximum Gasteiger partial charge on any atom is 0.401 e. The first-order valence-electron chi connectivity index (χ1n) is 4.96. The van der Waals surface area contributed by atoms with Crippen LogP contribution < -0.4 is 5.32 Å². The minimum Gasteiger partial charge on any atom is -0.394 e. The molecule has 1 heterocycles. The summed E-state index contributed by atoms with van der Waals surface area (Å²) in [5.41, 5.74) is 0. The van der Waals surface area contributed by atoms with Crippen molar-refractivity contribution >= 4 is 11.3 Å². The van der Waals surface area contributed by atoms with Gasteiger partial charge in [0.2, 0.25) is 0 Å². The number of nitrogens with one attached hydrogen (secondary N) is 1. The number of aliphatic hydroxyl groups is 1. The van der Waals surface area contributed by atoms with Crippen molar-refractivity contribution in [2.75, 3.05) is 13.2 Å². The lowest BCUT2D eigenvalue weighted by atomic mass is 10.2. The van der Waals surface area contributed by atoms with Gasteiger partial charge in [-0.25, -0.2) is 0 Å². The standard InChI is InChI=1S/C10H14F3NOS/c1-2-7-3-4-9(16-7)8(5-15)14-6-10(11,12)13/h3-4,8,14-15H,2,5-6H2,1H3. The van der Waals surface area contributed by atoms with Crippen LogP contribution in [0, 0.1) is 0 Å². The van der Waals surface area contributed by atoms with Crippen LogP contribution >= 0.6 is 11.3 Å². The predicted octanol–water partition coefficient (Wildman–Crippen LogP) is 2.50. The summed E-state index contributed by atoms with van der Waals surface area (Å²) in [4.78, 5) is 1.84. The Morgan fingerprint density at radius 1 is 1.44 bits per heavy atom. The van der Waals surface area contributed by atoms with Crippen LogP contribution in [0.3, 0.4) is 0 Å². The summed E-state index contributed by atoms with van der Waals surface area (Å²) in [5, 5.41) is 11.3. The molecule has 0 radical (unpaired) electrons. The van der Waals surface area contributed by atoms with Crippen LogP contribution in [0.5, 0.6) is 0 Å². The number of aliphatic hydroxyl groups excluding tert-OH is 1. The Hall–Kier alpha value is -0.590. The number of thiophene rings is 1. The lowest BCUT2D eigenvalue weighted by molar-refractivity contribution is -0.126. The summed E-state index contributed by atoms with van der Waals surface area (Å²) < 4.78 is 36.0. The van der Waals surface area contributed by atoms with Gasteiger partial charge in [-0.05, 0) is 18.6 Å². The average Bonchev–Trinajstić information content (AvgIpc) is 2.65. The Bertz CT molecular complexity index is 324. The average molecular weight is 253 g/mol. The largest absolute Gasteiger partial charge is 0.401 e. The van der Waals surface area contributed by atoms with Crippen LogP contribution in [0.25, 0.3) is 0 Å². The zero-order chi connectivity index (χ0) is 12.2. The van der Waals surface area contributed by atoms with Gasteiger partial charge in [-0.1, -0.05) is 6.92 Å². The van der Waals surface area contributed by atoms with E-state index in [2.05, 4.69) is 5.32 Å². The van der Waals surface area contributed by atoms with Gasteiger partial charge in [0.15, 0.2) is 0 Å². The summed E-state index contributed by atoms with van der Waals surface area (Å²) in [6.45, 7) is 0.560. The third kappa shape index (κ3) is 4.11. The molecule has 0 fully saturated rings. The molecule has 2 nitrogen and oxygen atoms in total. The van der Waals surface area contributed by atoms with Gasteiger partial charge in [0.05, 0.1) is 19.2 Å². The summed E-state index contributed by atoms with van der Waals surface area (Å²) >= 11 is 1.43. The molecule has 0 aliphatic rings. The smallest absolute Gasteiger partial charge is 0.394 e. The van der Waals surface area contributed by atoms with E-state index in [1.54, 1.807) is 6.07 Å². The molecule has 0 aliphatic heterocycles. The lowest BCUT2D eigenvalue weighted by Crippen LogP contribution is -2.33. The number of aryl methyl sites for hydroxylation is 1. The normalized spacial score (nSPS) is 14.1. The van der Waals surface area contributed by atoms with E-state index in [1.165, 1.54) is 11.3 Å². The Balaban J connectivity index is 2.60. The first-order chi connectivity index (χ1) is 7.46. The van der Waals surface area contributed by atoms with E-state index in [1.807, 2.05) is 13.0 Å². The fourth-order valence-corrected chi connectivity index (χ4v) is 2.29. The second kappa shape index (κ2) is 5.65. The molecule has 0 amide bonds. The number of rotatable bonds is 5. The topological polar surface area (TPSA) is 32.3 Å². The van der Waals surface area contributed by atoms with Gasteiger partial charge < -0.3 is 5.11 Å². The highest BCUT2D eigenvalue weighted by Crippen LogP contribution is 2.24. The number of hydrogen-bond acceptors (Lipinski definition) is 3. The van der Waals surface area contributed by atoms with E-state index in [-0.39, 0.29) is 6.61 Å². The molecular weight excluding hydrogens is 239 g/mol. The van der Waals surface area contributed by atoms with E-state index in [0.29, 0.717) is 0 Å². The van der Waals surface area contributed by atoms with E-state index in [9.17, 15) is 13.2 Å². The summed E-state index contributed by atoms with van der Waals surface area (Å²) in [7, 11) is 0. The second-order valence-corrected chi connectivity index (χ2v) is 4.59. The van der Waals surface area contributed by atoms with Gasteiger partial charge in [0.25, 0.3) is 0 Å². The van der Waals surface area contributed by atoms with Crippen LogP contribution in [0.4, 0.5) is 13.2 Å². The van der Waals surface area contributed by atoms with Gasteiger partial charge in [-0.2, -0.15) is 13.2 Å². The first-order valence-corrected chi connectivity index (χ1v) is 5.77. The molecule has 0 saturated heterocycles. The SMILES string of the molecule is CCc1ccc(C(CO)NCC(F)(F)F)s1. The van der Waals surface area contributed by atoms with E-state index >= 15 is 0 Å². The van der Waals surface area contributed by atoms with Crippen LogP contribution in [0.2, 0.25) is 0 Å². The van der Waals surface area contributed by atoms with Crippen molar-refractivity contribution in [3.8, 4) is 0 Å². The molecule has 0 spiro atoms. The molecule has 1 aromatic rings. The van der Waals surface area contributed by atoms with E-state index < -0.39 is 18.8 Å². The molecular formula is C10H14F3NOS. The Morgan fingerprint density at radius 3 is 2.56 bits per heavy atom.